The number of nitrogens with zero attached hydrogens (tertiary/aromatic N) is 2. The number of sulfonamides is 1. The molecule has 0 bridgehead atoms. The summed E-state index contributed by atoms with van der Waals surface area (Å²) in [6, 6.07) is 20.9. The molecule has 0 aliphatic carbocycles. The molecule has 0 saturated carbocycles. The lowest BCUT2D eigenvalue weighted by Crippen LogP contribution is -2.46. The number of ether oxygens (including phenoxy) is 2. The Hall–Kier alpha value is -3.85. The van der Waals surface area contributed by atoms with Crippen LogP contribution in [0.5, 0.6) is 11.5 Å². The number of hydrogen-bond donors (Lipinski definition) is 1. The first-order valence-corrected chi connectivity index (χ1v) is 13.4. The van der Waals surface area contributed by atoms with Gasteiger partial charge < -0.3 is 9.47 Å². The SMILES string of the molecule is CCOc1ccc(N([C@H](C)C(=O)N/N=C\c2ccc(OCc3ccc(C)cc3)cc2)S(C)(=O)=O)cc1. The first-order valence-electron chi connectivity index (χ1n) is 11.5. The van der Waals surface area contributed by atoms with Crippen molar-refractivity contribution >= 4 is 27.8 Å². The van der Waals surface area contributed by atoms with Gasteiger partial charge in [-0.3, -0.25) is 9.10 Å². The molecule has 1 N–H and O–H groups in total. The average molecular weight is 510 g/mol. The van der Waals surface area contributed by atoms with Crippen molar-refractivity contribution in [2.75, 3.05) is 17.2 Å². The van der Waals surface area contributed by atoms with Crippen molar-refractivity contribution in [1.29, 1.82) is 0 Å². The Labute approximate surface area is 212 Å². The molecule has 1 atom stereocenters. The predicted octanol–water partition coefficient (Wildman–Crippen LogP) is 4.28. The highest BCUT2D eigenvalue weighted by molar-refractivity contribution is 7.92. The van der Waals surface area contributed by atoms with Gasteiger partial charge in [-0.1, -0.05) is 29.8 Å². The molecule has 190 valence electrons. The van der Waals surface area contributed by atoms with Crippen LogP contribution < -0.4 is 19.2 Å². The molecule has 0 spiro atoms. The second kappa shape index (κ2) is 12.2. The van der Waals surface area contributed by atoms with E-state index in [9.17, 15) is 13.2 Å². The molecule has 0 unspecified atom stereocenters. The zero-order valence-corrected chi connectivity index (χ0v) is 21.7. The Morgan fingerprint density at radius 3 is 2.14 bits per heavy atom. The zero-order valence-electron chi connectivity index (χ0n) is 20.8. The van der Waals surface area contributed by atoms with Gasteiger partial charge in [0, 0.05) is 0 Å². The second-order valence-corrected chi connectivity index (χ2v) is 10.1. The van der Waals surface area contributed by atoms with E-state index >= 15 is 0 Å². The zero-order chi connectivity index (χ0) is 26.1. The van der Waals surface area contributed by atoms with E-state index in [-0.39, 0.29) is 0 Å². The van der Waals surface area contributed by atoms with Gasteiger partial charge in [0.1, 0.15) is 24.1 Å². The second-order valence-electron chi connectivity index (χ2n) is 8.24. The third-order valence-corrected chi connectivity index (χ3v) is 6.53. The number of hydrazone groups is 1. The fourth-order valence-electron chi connectivity index (χ4n) is 3.43. The van der Waals surface area contributed by atoms with E-state index in [2.05, 4.69) is 10.5 Å². The highest BCUT2D eigenvalue weighted by Crippen LogP contribution is 2.24. The Morgan fingerprint density at radius 2 is 1.56 bits per heavy atom. The lowest BCUT2D eigenvalue weighted by molar-refractivity contribution is -0.121. The Kier molecular flexibility index (Phi) is 9.08. The molecule has 1 amide bonds. The molecule has 0 aromatic heterocycles. The van der Waals surface area contributed by atoms with Gasteiger partial charge in [0.15, 0.2) is 0 Å². The molecule has 0 saturated heterocycles. The van der Waals surface area contributed by atoms with Crippen LogP contribution in [0.4, 0.5) is 5.69 Å². The summed E-state index contributed by atoms with van der Waals surface area (Å²) in [4.78, 5) is 12.7. The minimum Gasteiger partial charge on any atom is -0.494 e. The minimum atomic E-state index is -3.73. The largest absolute Gasteiger partial charge is 0.494 e. The van der Waals surface area contributed by atoms with Crippen molar-refractivity contribution in [3.63, 3.8) is 0 Å². The van der Waals surface area contributed by atoms with E-state index in [1.807, 2.05) is 62.4 Å². The molecule has 3 aromatic carbocycles. The van der Waals surface area contributed by atoms with Crippen molar-refractivity contribution in [3.8, 4) is 11.5 Å². The standard InChI is InChI=1S/C27H31N3O5S/c1-5-34-25-16-12-24(13-17-25)30(36(4,32)33)21(3)27(31)29-28-18-22-10-14-26(15-11-22)35-19-23-8-6-20(2)7-9-23/h6-18,21H,5,19H2,1-4H3,(H,29,31)/b28-18-/t21-/m1/s1. The Morgan fingerprint density at radius 1 is 0.972 bits per heavy atom. The molecule has 0 aliphatic rings. The molecule has 3 rings (SSSR count). The van der Waals surface area contributed by atoms with Crippen LogP contribution in [0.25, 0.3) is 0 Å². The number of rotatable bonds is 11. The number of aryl methyl sites for hydroxylation is 1. The molecular weight excluding hydrogens is 478 g/mol. The molecule has 9 heteroatoms. The Balaban J connectivity index is 1.59. The quantitative estimate of drug-likeness (QED) is 0.307. The monoisotopic (exact) mass is 509 g/mol. The fraction of sp³-hybridized carbons (Fsp3) is 0.259. The first kappa shape index (κ1) is 26.7. The number of amides is 1. The van der Waals surface area contributed by atoms with Gasteiger partial charge in [-0.15, -0.1) is 0 Å². The van der Waals surface area contributed by atoms with Gasteiger partial charge in [-0.25, -0.2) is 13.8 Å². The molecule has 36 heavy (non-hydrogen) atoms. The van der Waals surface area contributed by atoms with Gasteiger partial charge in [-0.2, -0.15) is 5.10 Å². The fourth-order valence-corrected chi connectivity index (χ4v) is 4.60. The summed E-state index contributed by atoms with van der Waals surface area (Å²) in [6.07, 6.45) is 2.54. The van der Waals surface area contributed by atoms with Crippen molar-refractivity contribution in [3.05, 3.63) is 89.5 Å². The summed E-state index contributed by atoms with van der Waals surface area (Å²) in [7, 11) is -3.73. The van der Waals surface area contributed by atoms with Gasteiger partial charge in [0.2, 0.25) is 10.0 Å². The lowest BCUT2D eigenvalue weighted by Gasteiger charge is -2.27. The van der Waals surface area contributed by atoms with E-state index in [1.165, 1.54) is 18.7 Å². The molecule has 0 heterocycles. The number of hydrogen-bond acceptors (Lipinski definition) is 6. The smallest absolute Gasteiger partial charge is 0.263 e. The van der Waals surface area contributed by atoms with Gasteiger partial charge in [0.05, 0.1) is 24.8 Å². The normalized spacial score (nSPS) is 12.2. The van der Waals surface area contributed by atoms with Crippen LogP contribution >= 0.6 is 0 Å². The van der Waals surface area contributed by atoms with Gasteiger partial charge in [0.25, 0.3) is 5.91 Å². The van der Waals surface area contributed by atoms with Crippen LogP contribution in [0.3, 0.4) is 0 Å². The molecule has 8 nitrogen and oxygen atoms in total. The molecule has 3 aromatic rings. The van der Waals surface area contributed by atoms with Crippen LogP contribution in [-0.4, -0.2) is 39.4 Å². The number of nitrogens with one attached hydrogen (secondary N) is 1. The van der Waals surface area contributed by atoms with Crippen molar-refractivity contribution in [1.82, 2.24) is 5.43 Å². The summed E-state index contributed by atoms with van der Waals surface area (Å²) in [6.45, 7) is 6.36. The van der Waals surface area contributed by atoms with Crippen molar-refractivity contribution in [2.24, 2.45) is 5.10 Å². The maximum absolute atomic E-state index is 12.7. The third kappa shape index (κ3) is 7.58. The number of benzene rings is 3. The molecule has 0 aliphatic heterocycles. The first-order chi connectivity index (χ1) is 17.2. The van der Waals surface area contributed by atoms with E-state index in [4.69, 9.17) is 9.47 Å². The third-order valence-electron chi connectivity index (χ3n) is 5.29. The van der Waals surface area contributed by atoms with E-state index < -0.39 is 22.0 Å². The van der Waals surface area contributed by atoms with Gasteiger partial charge >= 0.3 is 0 Å². The van der Waals surface area contributed by atoms with Crippen LogP contribution in [0.15, 0.2) is 77.9 Å². The van der Waals surface area contributed by atoms with Crippen LogP contribution in [0.2, 0.25) is 0 Å². The summed E-state index contributed by atoms with van der Waals surface area (Å²) in [5.41, 5.74) is 5.80. The number of carbonyl (C=O) groups excluding carboxylic acids is 1. The van der Waals surface area contributed by atoms with Crippen LogP contribution in [0.1, 0.15) is 30.5 Å². The lowest BCUT2D eigenvalue weighted by atomic mass is 10.2. The summed E-state index contributed by atoms with van der Waals surface area (Å²) in [5, 5.41) is 3.98. The number of anilines is 1. The van der Waals surface area contributed by atoms with E-state index in [0.717, 1.165) is 21.7 Å². The number of carbonyl (C=O) groups is 1. The maximum Gasteiger partial charge on any atom is 0.263 e. The minimum absolute atomic E-state index is 0.355. The Bertz CT molecular complexity index is 1270. The van der Waals surface area contributed by atoms with Crippen molar-refractivity contribution < 1.29 is 22.7 Å². The average Bonchev–Trinajstić information content (AvgIpc) is 2.85. The maximum atomic E-state index is 12.7. The van der Waals surface area contributed by atoms with E-state index in [1.54, 1.807) is 24.3 Å². The predicted molar refractivity (Wildman–Crippen MR) is 142 cm³/mol. The van der Waals surface area contributed by atoms with Crippen LogP contribution in [0, 0.1) is 6.92 Å². The summed E-state index contributed by atoms with van der Waals surface area (Å²) >= 11 is 0. The highest BCUT2D eigenvalue weighted by Gasteiger charge is 2.29. The van der Waals surface area contributed by atoms with Crippen LogP contribution in [-0.2, 0) is 21.4 Å². The topological polar surface area (TPSA) is 97.3 Å². The van der Waals surface area contributed by atoms with E-state index in [0.29, 0.717) is 30.4 Å². The van der Waals surface area contributed by atoms with Gasteiger partial charge in [-0.05, 0) is 80.4 Å². The summed E-state index contributed by atoms with van der Waals surface area (Å²) in [5.74, 6) is 0.760. The molecule has 0 radical (unpaired) electrons. The van der Waals surface area contributed by atoms with Crippen molar-refractivity contribution in [2.45, 2.75) is 33.4 Å². The highest BCUT2D eigenvalue weighted by atomic mass is 32.2. The summed E-state index contributed by atoms with van der Waals surface area (Å²) < 4.78 is 37.1. The molecular formula is C27H31N3O5S. The molecule has 0 fully saturated rings.